The first-order valence-corrected chi connectivity index (χ1v) is 8.85. The summed E-state index contributed by atoms with van der Waals surface area (Å²) in [7, 11) is 0. The largest absolute Gasteiger partial charge is 0.341 e. The molecule has 1 aromatic heterocycles. The Bertz CT molecular complexity index is 767. The number of H-pyrrole nitrogens is 1. The van der Waals surface area contributed by atoms with Crippen molar-refractivity contribution in [3.8, 4) is 11.4 Å². The number of amides is 1. The zero-order valence-corrected chi connectivity index (χ0v) is 15.3. The summed E-state index contributed by atoms with van der Waals surface area (Å²) in [6.07, 6.45) is 1.18. The van der Waals surface area contributed by atoms with Crippen LogP contribution >= 0.6 is 12.2 Å². The maximum atomic E-state index is 12.8. The second-order valence-corrected chi connectivity index (χ2v) is 7.44. The quantitative estimate of drug-likeness (QED) is 0.868. The molecule has 2 aromatic rings. The highest BCUT2D eigenvalue weighted by molar-refractivity contribution is 7.71. The van der Waals surface area contributed by atoms with Gasteiger partial charge in [-0.15, -0.1) is 0 Å². The zero-order valence-electron chi connectivity index (χ0n) is 14.5. The lowest BCUT2D eigenvalue weighted by molar-refractivity contribution is -0.134. The molecule has 1 N–H and O–H groups in total. The number of carbonyl (C=O) groups is 1. The first kappa shape index (κ1) is 16.9. The first-order valence-electron chi connectivity index (χ1n) is 8.44. The maximum absolute atomic E-state index is 12.8. The van der Waals surface area contributed by atoms with Crippen molar-refractivity contribution in [3.63, 3.8) is 0 Å². The minimum atomic E-state index is 0.110. The lowest BCUT2D eigenvalue weighted by Gasteiger charge is -2.35. The molecule has 1 amide bonds. The second kappa shape index (κ2) is 6.89. The Labute approximate surface area is 147 Å². The Morgan fingerprint density at radius 1 is 1.25 bits per heavy atom. The van der Waals surface area contributed by atoms with Crippen LogP contribution in [0.4, 0.5) is 0 Å². The number of aromatic amines is 1. The van der Waals surface area contributed by atoms with E-state index in [-0.39, 0.29) is 12.5 Å². The fraction of sp³-hybridized carbons (Fsp3) is 0.500. The number of hydrogen-bond acceptors (Lipinski definition) is 3. The van der Waals surface area contributed by atoms with Crippen LogP contribution in [-0.2, 0) is 11.3 Å². The van der Waals surface area contributed by atoms with E-state index < -0.39 is 0 Å². The van der Waals surface area contributed by atoms with Crippen molar-refractivity contribution in [2.24, 2.45) is 11.8 Å². The zero-order chi connectivity index (χ0) is 17.3. The monoisotopic (exact) mass is 344 g/mol. The van der Waals surface area contributed by atoms with Gasteiger partial charge in [-0.3, -0.25) is 14.5 Å². The number of hydrogen-bond donors (Lipinski definition) is 1. The van der Waals surface area contributed by atoms with E-state index in [9.17, 15) is 4.79 Å². The number of piperidine rings is 1. The van der Waals surface area contributed by atoms with Crippen LogP contribution in [0, 0.1) is 23.5 Å². The number of aromatic nitrogens is 3. The van der Waals surface area contributed by atoms with Gasteiger partial charge in [-0.25, -0.2) is 0 Å². The molecule has 1 aliphatic rings. The average molecular weight is 344 g/mol. The molecule has 3 rings (SSSR count). The van der Waals surface area contributed by atoms with Gasteiger partial charge in [0, 0.05) is 18.7 Å². The van der Waals surface area contributed by atoms with E-state index in [4.69, 9.17) is 12.2 Å². The van der Waals surface area contributed by atoms with Gasteiger partial charge in [0.2, 0.25) is 5.91 Å². The van der Waals surface area contributed by atoms with Gasteiger partial charge in [0.05, 0.1) is 0 Å². The Balaban J connectivity index is 1.82. The minimum absolute atomic E-state index is 0.110. The van der Waals surface area contributed by atoms with E-state index in [0.717, 1.165) is 18.7 Å². The van der Waals surface area contributed by atoms with Crippen LogP contribution in [0.2, 0.25) is 0 Å². The van der Waals surface area contributed by atoms with Gasteiger partial charge in [0.25, 0.3) is 0 Å². The predicted octanol–water partition coefficient (Wildman–Crippen LogP) is 3.42. The fourth-order valence-corrected chi connectivity index (χ4v) is 3.69. The van der Waals surface area contributed by atoms with Crippen molar-refractivity contribution in [2.75, 3.05) is 13.1 Å². The molecule has 2 atom stereocenters. The number of benzene rings is 1. The van der Waals surface area contributed by atoms with Crippen molar-refractivity contribution in [3.05, 3.63) is 34.6 Å². The number of rotatable bonds is 3. The minimum Gasteiger partial charge on any atom is -0.341 e. The van der Waals surface area contributed by atoms with Gasteiger partial charge in [-0.1, -0.05) is 43.7 Å². The molecule has 6 heteroatoms. The molecule has 1 aromatic carbocycles. The number of aryl methyl sites for hydroxylation is 1. The molecule has 0 saturated carbocycles. The molecular formula is C18H24N4OS. The summed E-state index contributed by atoms with van der Waals surface area (Å²) in [6, 6.07) is 8.08. The molecule has 128 valence electrons. The van der Waals surface area contributed by atoms with E-state index >= 15 is 0 Å². The maximum Gasteiger partial charge on any atom is 0.242 e. The van der Waals surface area contributed by atoms with Gasteiger partial charge >= 0.3 is 0 Å². The van der Waals surface area contributed by atoms with Crippen molar-refractivity contribution in [1.29, 1.82) is 0 Å². The average Bonchev–Trinajstić information content (AvgIpc) is 2.88. The molecule has 1 fully saturated rings. The summed E-state index contributed by atoms with van der Waals surface area (Å²) in [5.41, 5.74) is 2.15. The van der Waals surface area contributed by atoms with Crippen molar-refractivity contribution >= 4 is 18.1 Å². The van der Waals surface area contributed by atoms with Crippen LogP contribution in [0.5, 0.6) is 0 Å². The highest BCUT2D eigenvalue weighted by Crippen LogP contribution is 2.22. The van der Waals surface area contributed by atoms with Gasteiger partial charge < -0.3 is 4.90 Å². The van der Waals surface area contributed by atoms with E-state index in [1.807, 2.05) is 36.1 Å². The summed E-state index contributed by atoms with van der Waals surface area (Å²) in [5, 5.41) is 7.14. The lowest BCUT2D eigenvalue weighted by Crippen LogP contribution is -2.44. The normalized spacial score (nSPS) is 21.0. The SMILES string of the molecule is Cc1ccc(-c2n[nH]c(=S)n2CC(=O)N2C[C@H](C)C[C@H](C)C2)cc1. The molecular weight excluding hydrogens is 320 g/mol. The standard InChI is InChI=1S/C18H24N4OS/c1-12-4-6-15(7-5-12)17-19-20-18(24)22(17)11-16(23)21-9-13(2)8-14(3)10-21/h4-7,13-14H,8-11H2,1-3H3,(H,20,24)/t13-,14+. The van der Waals surface area contributed by atoms with Crippen LogP contribution in [0.15, 0.2) is 24.3 Å². The Morgan fingerprint density at radius 2 is 1.88 bits per heavy atom. The molecule has 0 spiro atoms. The van der Waals surface area contributed by atoms with Crippen LogP contribution in [0.25, 0.3) is 11.4 Å². The lowest BCUT2D eigenvalue weighted by atomic mass is 9.92. The summed E-state index contributed by atoms with van der Waals surface area (Å²) >= 11 is 5.34. The highest BCUT2D eigenvalue weighted by atomic mass is 32.1. The van der Waals surface area contributed by atoms with E-state index in [2.05, 4.69) is 24.0 Å². The summed E-state index contributed by atoms with van der Waals surface area (Å²) in [5.74, 6) is 1.92. The topological polar surface area (TPSA) is 53.9 Å². The van der Waals surface area contributed by atoms with Gasteiger partial charge in [-0.05, 0) is 37.4 Å². The third kappa shape index (κ3) is 3.59. The van der Waals surface area contributed by atoms with Crippen molar-refractivity contribution in [2.45, 2.75) is 33.7 Å². The Hall–Kier alpha value is -1.95. The molecule has 1 saturated heterocycles. The number of carbonyl (C=O) groups excluding carboxylic acids is 1. The van der Waals surface area contributed by atoms with E-state index in [1.54, 1.807) is 4.57 Å². The Kier molecular flexibility index (Phi) is 4.85. The van der Waals surface area contributed by atoms with Crippen molar-refractivity contribution in [1.82, 2.24) is 19.7 Å². The van der Waals surface area contributed by atoms with Crippen LogP contribution in [0.3, 0.4) is 0 Å². The first-order chi connectivity index (χ1) is 11.4. The van der Waals surface area contributed by atoms with Gasteiger partial charge in [0.15, 0.2) is 10.6 Å². The molecule has 0 bridgehead atoms. The molecule has 2 heterocycles. The van der Waals surface area contributed by atoms with Crippen molar-refractivity contribution < 1.29 is 4.79 Å². The van der Waals surface area contributed by atoms with E-state index in [0.29, 0.717) is 22.4 Å². The van der Waals surface area contributed by atoms with Crippen LogP contribution < -0.4 is 0 Å². The molecule has 5 nitrogen and oxygen atoms in total. The van der Waals surface area contributed by atoms with Gasteiger partial charge in [-0.2, -0.15) is 5.10 Å². The number of nitrogens with zero attached hydrogens (tertiary/aromatic N) is 3. The predicted molar refractivity (Wildman–Crippen MR) is 97.1 cm³/mol. The van der Waals surface area contributed by atoms with Gasteiger partial charge in [0.1, 0.15) is 6.54 Å². The second-order valence-electron chi connectivity index (χ2n) is 7.05. The number of likely N-dealkylation sites (tertiary alicyclic amines) is 1. The number of nitrogens with one attached hydrogen (secondary N) is 1. The molecule has 1 aliphatic heterocycles. The highest BCUT2D eigenvalue weighted by Gasteiger charge is 2.26. The Morgan fingerprint density at radius 3 is 2.50 bits per heavy atom. The third-order valence-electron chi connectivity index (χ3n) is 4.58. The third-order valence-corrected chi connectivity index (χ3v) is 4.89. The molecule has 24 heavy (non-hydrogen) atoms. The summed E-state index contributed by atoms with van der Waals surface area (Å²) in [6.45, 7) is 8.35. The smallest absolute Gasteiger partial charge is 0.242 e. The fourth-order valence-electron chi connectivity index (χ4n) is 3.49. The van der Waals surface area contributed by atoms with E-state index in [1.165, 1.54) is 12.0 Å². The van der Waals surface area contributed by atoms with Crippen LogP contribution in [-0.4, -0.2) is 38.7 Å². The molecule has 0 radical (unpaired) electrons. The molecule has 0 unspecified atom stereocenters. The molecule has 0 aliphatic carbocycles. The summed E-state index contributed by atoms with van der Waals surface area (Å²) < 4.78 is 2.28. The van der Waals surface area contributed by atoms with Crippen LogP contribution in [0.1, 0.15) is 25.8 Å². The summed E-state index contributed by atoms with van der Waals surface area (Å²) in [4.78, 5) is 14.7.